The van der Waals surface area contributed by atoms with E-state index >= 15 is 0 Å². The lowest BCUT2D eigenvalue weighted by molar-refractivity contribution is 0.565. The standard InChI is InChI=1S/C11H10N6S2/c12-9-7(3-4-8-10(9)13-5-18-8)19-11-14-15-16-17(11)6-1-2-6/h3-6H,1-2,12H2. The van der Waals surface area contributed by atoms with Crippen molar-refractivity contribution in [3.05, 3.63) is 17.6 Å². The van der Waals surface area contributed by atoms with E-state index in [1.807, 2.05) is 22.3 Å². The summed E-state index contributed by atoms with van der Waals surface area (Å²) in [7, 11) is 0. The lowest BCUT2D eigenvalue weighted by Gasteiger charge is -2.05. The molecule has 4 rings (SSSR count). The molecule has 0 atom stereocenters. The molecule has 8 heteroatoms. The van der Waals surface area contributed by atoms with Gasteiger partial charge in [0.05, 0.1) is 21.9 Å². The summed E-state index contributed by atoms with van der Waals surface area (Å²) in [6.45, 7) is 0. The van der Waals surface area contributed by atoms with Gasteiger partial charge in [0.2, 0.25) is 5.16 Å². The average molecular weight is 290 g/mol. The molecule has 2 N–H and O–H groups in total. The number of aromatic nitrogens is 5. The van der Waals surface area contributed by atoms with Crippen LogP contribution in [0.3, 0.4) is 0 Å². The molecular formula is C11H10N6S2. The van der Waals surface area contributed by atoms with Gasteiger partial charge in [-0.2, -0.15) is 0 Å². The van der Waals surface area contributed by atoms with E-state index in [1.165, 1.54) is 11.8 Å². The Hall–Kier alpha value is -1.67. The third-order valence-corrected chi connectivity index (χ3v) is 4.88. The van der Waals surface area contributed by atoms with Gasteiger partial charge in [0.25, 0.3) is 0 Å². The zero-order valence-electron chi connectivity index (χ0n) is 9.85. The second-order valence-electron chi connectivity index (χ2n) is 4.42. The molecule has 0 unspecified atom stereocenters. The van der Waals surface area contributed by atoms with E-state index in [4.69, 9.17) is 5.73 Å². The predicted octanol–water partition coefficient (Wildman–Crippen LogP) is 2.35. The van der Waals surface area contributed by atoms with E-state index in [9.17, 15) is 0 Å². The molecule has 6 nitrogen and oxygen atoms in total. The van der Waals surface area contributed by atoms with Crippen LogP contribution in [0.2, 0.25) is 0 Å². The first kappa shape index (κ1) is 11.2. The molecule has 2 heterocycles. The first-order valence-corrected chi connectivity index (χ1v) is 7.60. The first-order valence-electron chi connectivity index (χ1n) is 5.90. The Labute approximate surface area is 117 Å². The maximum absolute atomic E-state index is 6.17. The van der Waals surface area contributed by atoms with Crippen LogP contribution < -0.4 is 5.73 Å². The second kappa shape index (κ2) is 4.17. The molecule has 1 aliphatic rings. The van der Waals surface area contributed by atoms with Crippen molar-refractivity contribution in [1.29, 1.82) is 0 Å². The van der Waals surface area contributed by atoms with Gasteiger partial charge in [-0.05, 0) is 47.2 Å². The number of hydrogen-bond donors (Lipinski definition) is 1. The van der Waals surface area contributed by atoms with E-state index in [-0.39, 0.29) is 0 Å². The van der Waals surface area contributed by atoms with Crippen molar-refractivity contribution in [1.82, 2.24) is 25.2 Å². The van der Waals surface area contributed by atoms with Crippen molar-refractivity contribution in [3.8, 4) is 0 Å². The van der Waals surface area contributed by atoms with Crippen molar-refractivity contribution in [3.63, 3.8) is 0 Å². The van der Waals surface area contributed by atoms with E-state index in [1.54, 1.807) is 11.3 Å². The fourth-order valence-corrected chi connectivity index (χ4v) is 3.51. The van der Waals surface area contributed by atoms with Crippen LogP contribution >= 0.6 is 23.1 Å². The highest BCUT2D eigenvalue weighted by Gasteiger charge is 2.28. The highest BCUT2D eigenvalue weighted by atomic mass is 32.2. The van der Waals surface area contributed by atoms with Crippen LogP contribution in [-0.4, -0.2) is 25.2 Å². The third-order valence-electron chi connectivity index (χ3n) is 3.06. The van der Waals surface area contributed by atoms with Crippen molar-refractivity contribution < 1.29 is 0 Å². The van der Waals surface area contributed by atoms with Gasteiger partial charge in [0.1, 0.15) is 5.52 Å². The van der Waals surface area contributed by atoms with Crippen molar-refractivity contribution in [2.24, 2.45) is 0 Å². The van der Waals surface area contributed by atoms with Crippen LogP contribution in [0.25, 0.3) is 10.2 Å². The normalized spacial score (nSPS) is 15.2. The number of benzene rings is 1. The number of thiazole rings is 1. The molecule has 0 aliphatic heterocycles. The van der Waals surface area contributed by atoms with Crippen LogP contribution in [0.4, 0.5) is 5.69 Å². The Bertz CT molecular complexity index is 745. The highest BCUT2D eigenvalue weighted by Crippen LogP contribution is 2.40. The third kappa shape index (κ3) is 1.87. The summed E-state index contributed by atoms with van der Waals surface area (Å²) in [4.78, 5) is 5.25. The average Bonchev–Trinajstić information content (AvgIpc) is 2.97. The molecule has 3 aromatic rings. The first-order chi connectivity index (χ1) is 9.33. The van der Waals surface area contributed by atoms with Gasteiger partial charge in [-0.3, -0.25) is 0 Å². The van der Waals surface area contributed by atoms with Gasteiger partial charge in [-0.25, -0.2) is 9.67 Å². The maximum atomic E-state index is 6.17. The number of nitrogens with two attached hydrogens (primary N) is 1. The number of nitrogens with zero attached hydrogens (tertiary/aromatic N) is 5. The van der Waals surface area contributed by atoms with Crippen molar-refractivity contribution in [2.75, 3.05) is 5.73 Å². The number of tetrazole rings is 1. The zero-order chi connectivity index (χ0) is 12.8. The molecule has 0 amide bonds. The minimum absolute atomic E-state index is 0.460. The SMILES string of the molecule is Nc1c(Sc2nnnn2C2CC2)ccc2scnc12. The Morgan fingerprint density at radius 3 is 3.11 bits per heavy atom. The van der Waals surface area contributed by atoms with Gasteiger partial charge in [0.15, 0.2) is 0 Å². The number of rotatable bonds is 3. The summed E-state index contributed by atoms with van der Waals surface area (Å²) < 4.78 is 2.98. The van der Waals surface area contributed by atoms with Gasteiger partial charge < -0.3 is 5.73 Å². The van der Waals surface area contributed by atoms with Crippen LogP contribution in [0.1, 0.15) is 18.9 Å². The maximum Gasteiger partial charge on any atom is 0.214 e. The van der Waals surface area contributed by atoms with Gasteiger partial charge in [-0.1, -0.05) is 0 Å². The molecule has 0 spiro atoms. The summed E-state index contributed by atoms with van der Waals surface area (Å²) in [5.74, 6) is 0. The van der Waals surface area contributed by atoms with Crippen LogP contribution in [0.15, 0.2) is 27.7 Å². The summed E-state index contributed by atoms with van der Waals surface area (Å²) >= 11 is 3.09. The number of anilines is 1. The molecular weight excluding hydrogens is 280 g/mol. The van der Waals surface area contributed by atoms with Gasteiger partial charge >= 0.3 is 0 Å². The molecule has 0 saturated heterocycles. The van der Waals surface area contributed by atoms with Gasteiger partial charge in [0, 0.05) is 4.90 Å². The predicted molar refractivity (Wildman–Crippen MR) is 74.2 cm³/mol. The summed E-state index contributed by atoms with van der Waals surface area (Å²) in [5, 5.41) is 12.7. The van der Waals surface area contributed by atoms with E-state index in [0.29, 0.717) is 11.7 Å². The monoisotopic (exact) mass is 290 g/mol. The smallest absolute Gasteiger partial charge is 0.214 e. The Balaban J connectivity index is 1.74. The molecule has 96 valence electrons. The van der Waals surface area contributed by atoms with Gasteiger partial charge in [-0.15, -0.1) is 16.4 Å². The number of nitrogen functional groups attached to an aromatic ring is 1. The minimum Gasteiger partial charge on any atom is -0.396 e. The molecule has 1 aliphatic carbocycles. The minimum atomic E-state index is 0.460. The highest BCUT2D eigenvalue weighted by molar-refractivity contribution is 7.99. The summed E-state index contributed by atoms with van der Waals surface area (Å²) in [6.07, 6.45) is 2.30. The van der Waals surface area contributed by atoms with Crippen LogP contribution in [0, 0.1) is 0 Å². The molecule has 1 saturated carbocycles. The Morgan fingerprint density at radius 2 is 2.26 bits per heavy atom. The second-order valence-corrected chi connectivity index (χ2v) is 6.31. The molecule has 1 fully saturated rings. The molecule has 2 aromatic heterocycles. The molecule has 1 aromatic carbocycles. The molecule has 19 heavy (non-hydrogen) atoms. The Morgan fingerprint density at radius 1 is 1.37 bits per heavy atom. The molecule has 0 bridgehead atoms. The van der Waals surface area contributed by atoms with E-state index in [0.717, 1.165) is 33.1 Å². The lowest BCUT2D eigenvalue weighted by Crippen LogP contribution is -1.99. The zero-order valence-corrected chi connectivity index (χ0v) is 11.5. The van der Waals surface area contributed by atoms with E-state index in [2.05, 4.69) is 20.5 Å². The van der Waals surface area contributed by atoms with Crippen LogP contribution in [0.5, 0.6) is 0 Å². The molecule has 0 radical (unpaired) electrons. The fraction of sp³-hybridized carbons (Fsp3) is 0.273. The topological polar surface area (TPSA) is 82.5 Å². The largest absolute Gasteiger partial charge is 0.396 e. The summed E-state index contributed by atoms with van der Waals surface area (Å²) in [5.41, 5.74) is 9.54. The van der Waals surface area contributed by atoms with Crippen molar-refractivity contribution in [2.45, 2.75) is 28.9 Å². The number of hydrogen-bond acceptors (Lipinski definition) is 7. The quantitative estimate of drug-likeness (QED) is 0.746. The van der Waals surface area contributed by atoms with Crippen LogP contribution in [-0.2, 0) is 0 Å². The summed E-state index contributed by atoms with van der Waals surface area (Å²) in [6, 6.07) is 4.50. The Kier molecular flexibility index (Phi) is 2.46. The van der Waals surface area contributed by atoms with Crippen molar-refractivity contribution >= 4 is 39.0 Å². The number of fused-ring (bicyclic) bond motifs is 1. The lowest BCUT2D eigenvalue weighted by atomic mass is 10.3. The van der Waals surface area contributed by atoms with E-state index < -0.39 is 0 Å². The fourth-order valence-electron chi connectivity index (χ4n) is 1.92.